The summed E-state index contributed by atoms with van der Waals surface area (Å²) in [6.07, 6.45) is 3.19. The highest BCUT2D eigenvalue weighted by Gasteiger charge is 2.55. The lowest BCUT2D eigenvalue weighted by atomic mass is 10.1. The van der Waals surface area contributed by atoms with E-state index in [0.29, 0.717) is 30.1 Å². The number of carbonyl (C=O) groups excluding carboxylic acids is 2. The average molecular weight is 304 g/mol. The molecule has 0 aromatic carbocycles. The van der Waals surface area contributed by atoms with Crippen LogP contribution in [0.4, 0.5) is 5.69 Å². The summed E-state index contributed by atoms with van der Waals surface area (Å²) < 4.78 is 0. The van der Waals surface area contributed by atoms with Gasteiger partial charge >= 0.3 is 0 Å². The van der Waals surface area contributed by atoms with Gasteiger partial charge in [-0.15, -0.1) is 0 Å². The second-order valence-corrected chi connectivity index (χ2v) is 5.95. The zero-order chi connectivity index (χ0) is 15.9. The number of fused-ring (bicyclic) bond motifs is 1. The van der Waals surface area contributed by atoms with E-state index in [1.165, 1.54) is 0 Å². The van der Waals surface area contributed by atoms with Gasteiger partial charge in [-0.2, -0.15) is 0 Å². The molecule has 2 amide bonds. The van der Waals surface area contributed by atoms with E-state index in [9.17, 15) is 9.59 Å². The van der Waals surface area contributed by atoms with Gasteiger partial charge in [0.2, 0.25) is 5.91 Å². The predicted molar refractivity (Wildman–Crippen MR) is 80.2 cm³/mol. The first-order valence-corrected chi connectivity index (χ1v) is 7.46. The summed E-state index contributed by atoms with van der Waals surface area (Å²) in [5, 5.41) is 11.9. The lowest BCUT2D eigenvalue weighted by molar-refractivity contribution is -0.122. The van der Waals surface area contributed by atoms with Crippen LogP contribution < -0.4 is 11.1 Å². The lowest BCUT2D eigenvalue weighted by Crippen LogP contribution is -2.46. The van der Waals surface area contributed by atoms with Crippen molar-refractivity contribution in [2.24, 2.45) is 11.7 Å². The molecule has 1 aromatic heterocycles. The van der Waals surface area contributed by atoms with E-state index in [0.717, 1.165) is 12.1 Å². The van der Waals surface area contributed by atoms with Crippen molar-refractivity contribution in [3.63, 3.8) is 0 Å². The molecule has 1 aromatic rings. The Labute approximate surface area is 128 Å². The van der Waals surface area contributed by atoms with Gasteiger partial charge < -0.3 is 21.1 Å². The van der Waals surface area contributed by atoms with Crippen LogP contribution >= 0.6 is 0 Å². The molecule has 1 saturated heterocycles. The zero-order valence-electron chi connectivity index (χ0n) is 12.5. The largest absolute Gasteiger partial charge is 0.395 e. The van der Waals surface area contributed by atoms with E-state index in [4.69, 9.17) is 10.8 Å². The number of hydrogen-bond donors (Lipinski definition) is 3. The van der Waals surface area contributed by atoms with Gasteiger partial charge in [0.25, 0.3) is 5.91 Å². The summed E-state index contributed by atoms with van der Waals surface area (Å²) in [6.45, 7) is 2.10. The number of carbonyl (C=O) groups is 2. The number of aromatic nitrogens is 1. The number of nitrogens with two attached hydrogens (primary N) is 1. The van der Waals surface area contributed by atoms with E-state index in [-0.39, 0.29) is 18.6 Å². The summed E-state index contributed by atoms with van der Waals surface area (Å²) in [5.74, 6) is -0.242. The summed E-state index contributed by atoms with van der Waals surface area (Å²) >= 11 is 0. The van der Waals surface area contributed by atoms with E-state index in [1.54, 1.807) is 17.2 Å². The predicted octanol–water partition coefficient (Wildman–Crippen LogP) is -0.117. The molecule has 3 unspecified atom stereocenters. The van der Waals surface area contributed by atoms with E-state index in [2.05, 4.69) is 10.3 Å². The number of piperidine rings is 1. The number of likely N-dealkylation sites (tertiary alicyclic amines) is 1. The maximum Gasteiger partial charge on any atom is 0.257 e. The van der Waals surface area contributed by atoms with Crippen LogP contribution in [0.5, 0.6) is 0 Å². The van der Waals surface area contributed by atoms with E-state index in [1.807, 2.05) is 6.92 Å². The van der Waals surface area contributed by atoms with Crippen LogP contribution in [0.3, 0.4) is 0 Å². The fourth-order valence-corrected chi connectivity index (χ4v) is 3.21. The van der Waals surface area contributed by atoms with Gasteiger partial charge in [0, 0.05) is 18.3 Å². The molecular formula is C15H20N4O3. The van der Waals surface area contributed by atoms with Gasteiger partial charge in [-0.1, -0.05) is 0 Å². The quantitative estimate of drug-likeness (QED) is 0.703. The van der Waals surface area contributed by atoms with Crippen molar-refractivity contribution < 1.29 is 14.7 Å². The van der Waals surface area contributed by atoms with E-state index < -0.39 is 11.9 Å². The molecule has 0 spiro atoms. The highest BCUT2D eigenvalue weighted by molar-refractivity contribution is 6.02. The molecule has 2 aliphatic rings. The molecule has 7 heteroatoms. The number of nitrogens with zero attached hydrogens (tertiary/aromatic N) is 2. The minimum Gasteiger partial charge on any atom is -0.395 e. The summed E-state index contributed by atoms with van der Waals surface area (Å²) in [7, 11) is 0. The Balaban J connectivity index is 1.90. The van der Waals surface area contributed by atoms with Gasteiger partial charge in [-0.3, -0.25) is 14.6 Å². The molecule has 2 fully saturated rings. The molecule has 4 N–H and O–H groups in total. The number of pyridine rings is 1. The van der Waals surface area contributed by atoms with Crippen LogP contribution in [0.25, 0.3) is 0 Å². The van der Waals surface area contributed by atoms with Crippen molar-refractivity contribution in [1.29, 1.82) is 0 Å². The number of nitrogens with one attached hydrogen (secondary N) is 1. The maximum absolute atomic E-state index is 12.9. The number of rotatable bonds is 5. The van der Waals surface area contributed by atoms with Crippen LogP contribution in [0.15, 0.2) is 12.3 Å². The Morgan fingerprint density at radius 3 is 2.95 bits per heavy atom. The molecule has 1 saturated carbocycles. The van der Waals surface area contributed by atoms with Crippen molar-refractivity contribution in [2.45, 2.75) is 31.8 Å². The van der Waals surface area contributed by atoms with Gasteiger partial charge in [0.1, 0.15) is 6.04 Å². The first kappa shape index (κ1) is 14.8. The smallest absolute Gasteiger partial charge is 0.257 e. The Kier molecular flexibility index (Phi) is 3.74. The van der Waals surface area contributed by atoms with Gasteiger partial charge in [-0.25, -0.2) is 0 Å². The highest BCUT2D eigenvalue weighted by atomic mass is 16.3. The Morgan fingerprint density at radius 1 is 1.50 bits per heavy atom. The first-order chi connectivity index (χ1) is 10.5. The van der Waals surface area contributed by atoms with Crippen molar-refractivity contribution in [1.82, 2.24) is 9.88 Å². The monoisotopic (exact) mass is 304 g/mol. The minimum atomic E-state index is -0.518. The molecular weight excluding hydrogens is 284 g/mol. The normalized spacial score (nSPS) is 25.7. The molecule has 7 nitrogen and oxygen atoms in total. The second-order valence-electron chi connectivity index (χ2n) is 5.95. The maximum atomic E-state index is 12.9. The second kappa shape index (κ2) is 5.57. The SMILES string of the molecule is Cc1cc(C(=O)N2C(C(N)=O)CC3CC32)c(NCCO)cn1. The number of amides is 2. The van der Waals surface area contributed by atoms with Gasteiger partial charge in [0.05, 0.1) is 24.1 Å². The fraction of sp³-hybridized carbons (Fsp3) is 0.533. The number of hydrogen-bond acceptors (Lipinski definition) is 5. The number of aryl methyl sites for hydroxylation is 1. The number of anilines is 1. The standard InChI is InChI=1S/C15H20N4O3/c1-8-4-10(11(7-18-8)17-2-3-20)15(22)19-12-5-9(12)6-13(19)14(16)21/h4,7,9,12-13,17,20H,2-3,5-6H2,1H3,(H2,16,21). The third-order valence-corrected chi connectivity index (χ3v) is 4.37. The highest BCUT2D eigenvalue weighted by Crippen LogP contribution is 2.48. The average Bonchev–Trinajstić information content (AvgIpc) is 3.15. The van der Waals surface area contributed by atoms with Gasteiger partial charge in [0.15, 0.2) is 0 Å². The molecule has 1 aliphatic carbocycles. The minimum absolute atomic E-state index is 0.0418. The fourth-order valence-electron chi connectivity index (χ4n) is 3.21. The first-order valence-electron chi connectivity index (χ1n) is 7.46. The zero-order valence-corrected chi connectivity index (χ0v) is 12.5. The van der Waals surface area contributed by atoms with E-state index >= 15 is 0 Å². The van der Waals surface area contributed by atoms with Crippen LogP contribution in [0, 0.1) is 12.8 Å². The van der Waals surface area contributed by atoms with Crippen molar-refractivity contribution in [2.75, 3.05) is 18.5 Å². The number of primary amides is 1. The van der Waals surface area contributed by atoms with Crippen LogP contribution in [-0.4, -0.2) is 52.0 Å². The molecule has 3 atom stereocenters. The van der Waals surface area contributed by atoms with Crippen molar-refractivity contribution in [3.05, 3.63) is 23.5 Å². The van der Waals surface area contributed by atoms with Gasteiger partial charge in [-0.05, 0) is 31.7 Å². The van der Waals surface area contributed by atoms with Crippen molar-refractivity contribution in [3.8, 4) is 0 Å². The lowest BCUT2D eigenvalue weighted by Gasteiger charge is -2.26. The number of aliphatic hydroxyl groups is 1. The van der Waals surface area contributed by atoms with Crippen LogP contribution in [-0.2, 0) is 4.79 Å². The van der Waals surface area contributed by atoms with Crippen LogP contribution in [0.1, 0.15) is 28.9 Å². The Bertz CT molecular complexity index is 619. The molecule has 2 heterocycles. The molecule has 0 radical (unpaired) electrons. The third-order valence-electron chi connectivity index (χ3n) is 4.37. The summed E-state index contributed by atoms with van der Waals surface area (Å²) in [6, 6.07) is 1.31. The van der Waals surface area contributed by atoms with Crippen molar-refractivity contribution >= 4 is 17.5 Å². The molecule has 22 heavy (non-hydrogen) atoms. The Hall–Kier alpha value is -2.15. The third kappa shape index (κ3) is 2.52. The number of aliphatic hydroxyl groups excluding tert-OH is 1. The Morgan fingerprint density at radius 2 is 2.27 bits per heavy atom. The molecule has 3 rings (SSSR count). The topological polar surface area (TPSA) is 109 Å². The molecule has 1 aliphatic heterocycles. The van der Waals surface area contributed by atoms with Crippen LogP contribution in [0.2, 0.25) is 0 Å². The molecule has 0 bridgehead atoms. The summed E-state index contributed by atoms with van der Waals surface area (Å²) in [4.78, 5) is 30.3. The molecule has 118 valence electrons. The summed E-state index contributed by atoms with van der Waals surface area (Å²) in [5.41, 5.74) is 7.20.